The van der Waals surface area contributed by atoms with E-state index in [0.717, 1.165) is 24.9 Å². The van der Waals surface area contributed by atoms with Gasteiger partial charge in [0.2, 0.25) is 0 Å². The van der Waals surface area contributed by atoms with E-state index in [1.165, 1.54) is 0 Å². The summed E-state index contributed by atoms with van der Waals surface area (Å²) >= 11 is 5.11. The molecular formula is C15H18N4OS. The second kappa shape index (κ2) is 7.04. The van der Waals surface area contributed by atoms with Crippen LogP contribution in [0.5, 0.6) is 0 Å². The van der Waals surface area contributed by atoms with Crippen molar-refractivity contribution in [3.8, 4) is 6.07 Å². The molecule has 0 saturated heterocycles. The Hall–Kier alpha value is -2.13. The van der Waals surface area contributed by atoms with Crippen LogP contribution in [-0.4, -0.2) is 11.0 Å². The number of para-hydroxylation sites is 1. The van der Waals surface area contributed by atoms with Gasteiger partial charge in [0.25, 0.3) is 5.91 Å². The number of amides is 1. The maximum atomic E-state index is 12.2. The molecule has 2 rings (SSSR count). The first kappa shape index (κ1) is 15.3. The lowest BCUT2D eigenvalue weighted by Crippen LogP contribution is -2.50. The van der Waals surface area contributed by atoms with Crippen LogP contribution >= 0.6 is 12.2 Å². The van der Waals surface area contributed by atoms with Crippen molar-refractivity contribution >= 4 is 28.9 Å². The van der Waals surface area contributed by atoms with Gasteiger partial charge in [-0.1, -0.05) is 37.5 Å². The molecule has 0 bridgehead atoms. The highest BCUT2D eigenvalue weighted by Gasteiger charge is 2.39. The van der Waals surface area contributed by atoms with Gasteiger partial charge in [0.15, 0.2) is 5.11 Å². The molecule has 1 aromatic rings. The first-order valence-electron chi connectivity index (χ1n) is 7.00. The number of rotatable bonds is 2. The number of nitrogens with zero attached hydrogens (tertiary/aromatic N) is 1. The van der Waals surface area contributed by atoms with Crippen molar-refractivity contribution in [3.05, 3.63) is 30.3 Å². The number of carbonyl (C=O) groups is 1. The van der Waals surface area contributed by atoms with Crippen LogP contribution in [0.15, 0.2) is 30.3 Å². The van der Waals surface area contributed by atoms with Crippen molar-refractivity contribution in [2.45, 2.75) is 32.1 Å². The van der Waals surface area contributed by atoms with Gasteiger partial charge in [-0.15, -0.1) is 0 Å². The first-order valence-corrected chi connectivity index (χ1v) is 7.41. The number of nitriles is 1. The van der Waals surface area contributed by atoms with E-state index in [9.17, 15) is 10.1 Å². The molecule has 3 N–H and O–H groups in total. The van der Waals surface area contributed by atoms with Crippen molar-refractivity contribution in [2.75, 3.05) is 5.32 Å². The molecule has 0 heterocycles. The van der Waals surface area contributed by atoms with E-state index < -0.39 is 5.41 Å². The van der Waals surface area contributed by atoms with E-state index in [1.807, 2.05) is 30.3 Å². The Balaban J connectivity index is 1.86. The smallest absolute Gasteiger partial charge is 0.258 e. The normalized spacial score (nSPS) is 16.3. The Labute approximate surface area is 129 Å². The van der Waals surface area contributed by atoms with E-state index >= 15 is 0 Å². The molecule has 0 spiro atoms. The zero-order chi connectivity index (χ0) is 15.1. The molecule has 5 nitrogen and oxygen atoms in total. The number of anilines is 1. The summed E-state index contributed by atoms with van der Waals surface area (Å²) in [6, 6.07) is 11.6. The predicted octanol–water partition coefficient (Wildman–Crippen LogP) is 2.48. The largest absolute Gasteiger partial charge is 0.331 e. The second-order valence-electron chi connectivity index (χ2n) is 5.15. The fraction of sp³-hybridized carbons (Fsp3) is 0.400. The fourth-order valence-corrected chi connectivity index (χ4v) is 2.63. The van der Waals surface area contributed by atoms with Crippen molar-refractivity contribution < 1.29 is 4.79 Å². The number of nitrogens with one attached hydrogen (secondary N) is 3. The van der Waals surface area contributed by atoms with Gasteiger partial charge < -0.3 is 5.32 Å². The molecule has 21 heavy (non-hydrogen) atoms. The summed E-state index contributed by atoms with van der Waals surface area (Å²) in [7, 11) is 0. The van der Waals surface area contributed by atoms with Gasteiger partial charge in [0, 0.05) is 5.69 Å². The van der Waals surface area contributed by atoms with E-state index in [-0.39, 0.29) is 5.91 Å². The topological polar surface area (TPSA) is 77.0 Å². The molecule has 0 aromatic heterocycles. The lowest BCUT2D eigenvalue weighted by Gasteiger charge is -2.29. The average molecular weight is 302 g/mol. The van der Waals surface area contributed by atoms with Crippen molar-refractivity contribution in [1.29, 1.82) is 5.26 Å². The molecule has 110 valence electrons. The maximum absolute atomic E-state index is 12.2. The predicted molar refractivity (Wildman–Crippen MR) is 85.1 cm³/mol. The van der Waals surface area contributed by atoms with Crippen LogP contribution in [-0.2, 0) is 4.79 Å². The summed E-state index contributed by atoms with van der Waals surface area (Å²) in [5, 5.41) is 12.6. The summed E-state index contributed by atoms with van der Waals surface area (Å²) in [5.41, 5.74) is 5.11. The fourth-order valence-electron chi connectivity index (χ4n) is 2.46. The summed E-state index contributed by atoms with van der Waals surface area (Å²) in [6.45, 7) is 0. The minimum atomic E-state index is -0.923. The number of carbonyl (C=O) groups excluding carboxylic acids is 1. The van der Waals surface area contributed by atoms with Crippen molar-refractivity contribution in [1.82, 2.24) is 10.9 Å². The highest BCUT2D eigenvalue weighted by Crippen LogP contribution is 2.35. The number of hydrazine groups is 1. The van der Waals surface area contributed by atoms with Crippen molar-refractivity contribution in [3.63, 3.8) is 0 Å². The highest BCUT2D eigenvalue weighted by atomic mass is 32.1. The minimum absolute atomic E-state index is 0.290. The van der Waals surface area contributed by atoms with Gasteiger partial charge >= 0.3 is 0 Å². The molecule has 1 saturated carbocycles. The second-order valence-corrected chi connectivity index (χ2v) is 5.56. The number of hydrogen-bond acceptors (Lipinski definition) is 3. The summed E-state index contributed by atoms with van der Waals surface area (Å²) < 4.78 is 0. The Kier molecular flexibility index (Phi) is 5.12. The third kappa shape index (κ3) is 3.92. The monoisotopic (exact) mass is 302 g/mol. The molecule has 1 aromatic carbocycles. The van der Waals surface area contributed by atoms with Crippen LogP contribution in [0.2, 0.25) is 0 Å². The molecule has 1 aliphatic rings. The molecular weight excluding hydrogens is 284 g/mol. The van der Waals surface area contributed by atoms with Gasteiger partial charge in [0.05, 0.1) is 6.07 Å². The van der Waals surface area contributed by atoms with Crippen LogP contribution < -0.4 is 16.2 Å². The van der Waals surface area contributed by atoms with Gasteiger partial charge in [-0.25, -0.2) is 0 Å². The van der Waals surface area contributed by atoms with E-state index in [4.69, 9.17) is 12.2 Å². The van der Waals surface area contributed by atoms with Gasteiger partial charge in [-0.3, -0.25) is 15.6 Å². The summed E-state index contributed by atoms with van der Waals surface area (Å²) in [5.74, 6) is -0.304. The first-order chi connectivity index (χ1) is 10.2. The van der Waals surface area contributed by atoms with Crippen LogP contribution in [0.3, 0.4) is 0 Å². The maximum Gasteiger partial charge on any atom is 0.258 e. The lowest BCUT2D eigenvalue weighted by atomic mass is 9.75. The minimum Gasteiger partial charge on any atom is -0.331 e. The Morgan fingerprint density at radius 3 is 2.43 bits per heavy atom. The number of hydrogen-bond donors (Lipinski definition) is 3. The zero-order valence-electron chi connectivity index (χ0n) is 11.7. The molecule has 6 heteroatoms. The molecule has 0 unspecified atom stereocenters. The Bertz CT molecular complexity index is 547. The molecule has 1 aliphatic carbocycles. The molecule has 0 atom stereocenters. The van der Waals surface area contributed by atoms with Crippen LogP contribution in [0.4, 0.5) is 5.69 Å². The van der Waals surface area contributed by atoms with Gasteiger partial charge in [0.1, 0.15) is 5.41 Å². The van der Waals surface area contributed by atoms with Gasteiger partial charge in [-0.2, -0.15) is 5.26 Å². The van der Waals surface area contributed by atoms with Crippen LogP contribution in [0.25, 0.3) is 0 Å². The quantitative estimate of drug-likeness (QED) is 0.578. The van der Waals surface area contributed by atoms with E-state index in [2.05, 4.69) is 22.2 Å². The highest BCUT2D eigenvalue weighted by molar-refractivity contribution is 7.80. The van der Waals surface area contributed by atoms with E-state index in [0.29, 0.717) is 18.0 Å². The number of thiocarbonyl (C=S) groups is 1. The summed E-state index contributed by atoms with van der Waals surface area (Å²) in [4.78, 5) is 12.2. The number of benzene rings is 1. The molecule has 1 fully saturated rings. The van der Waals surface area contributed by atoms with Crippen LogP contribution in [0.1, 0.15) is 32.1 Å². The van der Waals surface area contributed by atoms with Gasteiger partial charge in [-0.05, 0) is 37.2 Å². The molecule has 0 aliphatic heterocycles. The zero-order valence-corrected chi connectivity index (χ0v) is 12.5. The third-order valence-corrected chi connectivity index (χ3v) is 3.88. The average Bonchev–Trinajstić information content (AvgIpc) is 2.54. The standard InChI is InChI=1S/C15H18N4OS/c16-11-15(9-5-2-6-10-15)13(20)18-19-14(21)17-12-7-3-1-4-8-12/h1,3-4,7-8H,2,5-6,9-10H2,(H,18,20)(H2,17,19,21). The Morgan fingerprint density at radius 1 is 1.14 bits per heavy atom. The molecule has 1 amide bonds. The summed E-state index contributed by atoms with van der Waals surface area (Å²) in [6.07, 6.45) is 4.12. The van der Waals surface area contributed by atoms with Crippen LogP contribution in [0, 0.1) is 16.7 Å². The molecule has 0 radical (unpaired) electrons. The van der Waals surface area contributed by atoms with E-state index in [1.54, 1.807) is 0 Å². The lowest BCUT2D eigenvalue weighted by molar-refractivity contribution is -0.130. The third-order valence-electron chi connectivity index (χ3n) is 3.68. The van der Waals surface area contributed by atoms with Crippen molar-refractivity contribution in [2.24, 2.45) is 5.41 Å². The SMILES string of the molecule is N#CC1(C(=O)NNC(=S)Nc2ccccc2)CCCCC1. The Morgan fingerprint density at radius 2 is 1.81 bits per heavy atom.